The minimum atomic E-state index is -5.01. The van der Waals surface area contributed by atoms with Crippen molar-refractivity contribution in [2.45, 2.75) is 90.1 Å². The summed E-state index contributed by atoms with van der Waals surface area (Å²) in [5, 5.41) is 0.133. The van der Waals surface area contributed by atoms with Crippen LogP contribution in [0.15, 0.2) is 30.3 Å². The molecule has 0 amide bonds. The SMILES string of the molecule is CCCCCC1CCC(C2CCC(C(=O)Oc3ccc4c(F)c(OC(F)(F)F)ccc4c3)C(F)C2)CC1. The molecule has 204 valence electrons. The number of benzene rings is 2. The zero-order chi connectivity index (χ0) is 26.6. The number of hydrogen-bond donors (Lipinski definition) is 0. The number of fused-ring (bicyclic) bond motifs is 1. The number of hydrogen-bond acceptors (Lipinski definition) is 3. The van der Waals surface area contributed by atoms with E-state index >= 15 is 4.39 Å². The van der Waals surface area contributed by atoms with E-state index in [1.165, 1.54) is 62.8 Å². The summed E-state index contributed by atoms with van der Waals surface area (Å²) in [4.78, 5) is 12.8. The highest BCUT2D eigenvalue weighted by molar-refractivity contribution is 5.87. The Morgan fingerprint density at radius 2 is 1.70 bits per heavy atom. The number of halogens is 5. The highest BCUT2D eigenvalue weighted by Crippen LogP contribution is 2.43. The van der Waals surface area contributed by atoms with Gasteiger partial charge in [-0.1, -0.05) is 51.5 Å². The number of alkyl halides is 4. The van der Waals surface area contributed by atoms with Crippen LogP contribution in [0.4, 0.5) is 22.0 Å². The Balaban J connectivity index is 1.31. The molecule has 2 saturated carbocycles. The number of carbonyl (C=O) groups excluding carboxylic acids is 1. The lowest BCUT2D eigenvalue weighted by Gasteiger charge is -2.38. The van der Waals surface area contributed by atoms with Crippen LogP contribution in [0.2, 0.25) is 0 Å². The van der Waals surface area contributed by atoms with Crippen molar-refractivity contribution in [3.05, 3.63) is 36.1 Å². The molecule has 0 N–H and O–H groups in total. The molecule has 3 unspecified atom stereocenters. The van der Waals surface area contributed by atoms with E-state index in [4.69, 9.17) is 4.74 Å². The molecule has 0 heterocycles. The quantitative estimate of drug-likeness (QED) is 0.149. The standard InChI is InChI=1S/C29H35F5O3/c1-2-3-4-5-18-6-8-19(9-7-18)20-10-13-24(25(30)17-20)28(35)36-22-12-14-23-21(16-22)11-15-26(27(23)31)37-29(32,33)34/h11-12,14-16,18-20,24-25H,2-10,13,17H2,1H3. The summed E-state index contributed by atoms with van der Waals surface area (Å²) < 4.78 is 76.0. The van der Waals surface area contributed by atoms with Crippen LogP contribution in [0.5, 0.6) is 11.5 Å². The molecule has 2 aromatic carbocycles. The number of esters is 1. The topological polar surface area (TPSA) is 35.5 Å². The predicted molar refractivity (Wildman–Crippen MR) is 132 cm³/mol. The lowest BCUT2D eigenvalue weighted by molar-refractivity contribution is -0.275. The Labute approximate surface area is 214 Å². The summed E-state index contributed by atoms with van der Waals surface area (Å²) in [5.41, 5.74) is 0. The number of ether oxygens (including phenoxy) is 2. The van der Waals surface area contributed by atoms with Gasteiger partial charge in [0.1, 0.15) is 11.9 Å². The van der Waals surface area contributed by atoms with Gasteiger partial charge in [-0.15, -0.1) is 13.2 Å². The Morgan fingerprint density at radius 3 is 2.38 bits per heavy atom. The summed E-state index contributed by atoms with van der Waals surface area (Å²) in [6, 6.07) is 5.98. The first kappa shape index (κ1) is 27.6. The van der Waals surface area contributed by atoms with E-state index in [0.29, 0.717) is 24.7 Å². The summed E-state index contributed by atoms with van der Waals surface area (Å²) in [7, 11) is 0. The summed E-state index contributed by atoms with van der Waals surface area (Å²) >= 11 is 0. The first-order chi connectivity index (χ1) is 17.6. The van der Waals surface area contributed by atoms with Crippen LogP contribution in [0.25, 0.3) is 10.8 Å². The van der Waals surface area contributed by atoms with Crippen LogP contribution in [-0.4, -0.2) is 18.5 Å². The zero-order valence-electron chi connectivity index (χ0n) is 21.2. The van der Waals surface area contributed by atoms with E-state index in [2.05, 4.69) is 11.7 Å². The van der Waals surface area contributed by atoms with Gasteiger partial charge in [0.2, 0.25) is 0 Å². The van der Waals surface area contributed by atoms with E-state index < -0.39 is 36.0 Å². The Hall–Kier alpha value is -2.38. The van der Waals surface area contributed by atoms with E-state index in [0.717, 1.165) is 31.2 Å². The third-order valence-corrected chi connectivity index (χ3v) is 8.22. The zero-order valence-corrected chi connectivity index (χ0v) is 21.2. The van der Waals surface area contributed by atoms with Crippen LogP contribution in [0.3, 0.4) is 0 Å². The van der Waals surface area contributed by atoms with Crippen molar-refractivity contribution in [3.63, 3.8) is 0 Å². The minimum absolute atomic E-state index is 0.0945. The number of rotatable bonds is 8. The maximum absolute atomic E-state index is 15.1. The molecule has 3 nitrogen and oxygen atoms in total. The molecule has 2 fully saturated rings. The molecule has 2 aliphatic rings. The molecule has 0 radical (unpaired) electrons. The van der Waals surface area contributed by atoms with Crippen LogP contribution in [-0.2, 0) is 4.79 Å². The van der Waals surface area contributed by atoms with Crippen LogP contribution in [0, 0.1) is 29.5 Å². The van der Waals surface area contributed by atoms with E-state index in [1.54, 1.807) is 0 Å². The van der Waals surface area contributed by atoms with Crippen molar-refractivity contribution in [3.8, 4) is 11.5 Å². The van der Waals surface area contributed by atoms with Gasteiger partial charge in [0.15, 0.2) is 11.6 Å². The fourth-order valence-corrected chi connectivity index (χ4v) is 6.18. The molecule has 0 saturated heterocycles. The summed E-state index contributed by atoms with van der Waals surface area (Å²) in [5.74, 6) is -1.89. The Kier molecular flexibility index (Phi) is 8.96. The normalized spacial score (nSPS) is 26.7. The largest absolute Gasteiger partial charge is 0.573 e. The van der Waals surface area contributed by atoms with Crippen molar-refractivity contribution in [1.82, 2.24) is 0 Å². The van der Waals surface area contributed by atoms with Gasteiger partial charge in [0.25, 0.3) is 0 Å². The van der Waals surface area contributed by atoms with E-state index in [9.17, 15) is 22.4 Å². The summed E-state index contributed by atoms with van der Waals surface area (Å²) in [6.07, 6.45) is 5.18. The van der Waals surface area contributed by atoms with Crippen molar-refractivity contribution in [1.29, 1.82) is 0 Å². The molecule has 2 aromatic rings. The lowest BCUT2D eigenvalue weighted by atomic mass is 9.68. The van der Waals surface area contributed by atoms with Gasteiger partial charge in [0.05, 0.1) is 5.92 Å². The molecular formula is C29H35F5O3. The molecule has 0 aliphatic heterocycles. The monoisotopic (exact) mass is 526 g/mol. The van der Waals surface area contributed by atoms with Crippen LogP contribution in [0.1, 0.15) is 77.6 Å². The van der Waals surface area contributed by atoms with Gasteiger partial charge in [0, 0.05) is 5.39 Å². The molecule has 8 heteroatoms. The maximum Gasteiger partial charge on any atom is 0.573 e. The van der Waals surface area contributed by atoms with Gasteiger partial charge in [-0.05, 0) is 79.5 Å². The molecule has 0 bridgehead atoms. The molecule has 37 heavy (non-hydrogen) atoms. The molecule has 2 aliphatic carbocycles. The molecule has 0 spiro atoms. The van der Waals surface area contributed by atoms with Crippen LogP contribution >= 0.6 is 0 Å². The van der Waals surface area contributed by atoms with Crippen LogP contribution < -0.4 is 9.47 Å². The first-order valence-corrected chi connectivity index (χ1v) is 13.5. The van der Waals surface area contributed by atoms with E-state index in [1.807, 2.05) is 0 Å². The second-order valence-electron chi connectivity index (χ2n) is 10.7. The predicted octanol–water partition coefficient (Wildman–Crippen LogP) is 8.92. The molecule has 4 rings (SSSR count). The molecular weight excluding hydrogens is 491 g/mol. The van der Waals surface area contributed by atoms with E-state index in [-0.39, 0.29) is 16.5 Å². The molecule has 3 atom stereocenters. The third-order valence-electron chi connectivity index (χ3n) is 8.22. The summed E-state index contributed by atoms with van der Waals surface area (Å²) in [6.45, 7) is 2.22. The van der Waals surface area contributed by atoms with Gasteiger partial charge in [-0.3, -0.25) is 4.79 Å². The highest BCUT2D eigenvalue weighted by atomic mass is 19.4. The second-order valence-corrected chi connectivity index (χ2v) is 10.7. The van der Waals surface area contributed by atoms with Gasteiger partial charge >= 0.3 is 12.3 Å². The van der Waals surface area contributed by atoms with Crippen molar-refractivity contribution < 1.29 is 36.2 Å². The van der Waals surface area contributed by atoms with Crippen molar-refractivity contribution in [2.24, 2.45) is 23.7 Å². The average Bonchev–Trinajstić information content (AvgIpc) is 2.85. The van der Waals surface area contributed by atoms with Crippen molar-refractivity contribution in [2.75, 3.05) is 0 Å². The molecule has 0 aromatic heterocycles. The Bertz CT molecular complexity index is 1060. The highest BCUT2D eigenvalue weighted by Gasteiger charge is 2.40. The third kappa shape index (κ3) is 7.14. The second kappa shape index (κ2) is 12.0. The number of unbranched alkanes of at least 4 members (excludes halogenated alkanes) is 2. The number of carbonyl (C=O) groups is 1. The van der Waals surface area contributed by atoms with Gasteiger partial charge in [-0.25, -0.2) is 8.78 Å². The lowest BCUT2D eigenvalue weighted by Crippen LogP contribution is -2.37. The fraction of sp³-hybridized carbons (Fsp3) is 0.621. The fourth-order valence-electron chi connectivity index (χ4n) is 6.18. The maximum atomic E-state index is 15.1. The smallest absolute Gasteiger partial charge is 0.426 e. The average molecular weight is 527 g/mol. The van der Waals surface area contributed by atoms with Gasteiger partial charge in [-0.2, -0.15) is 0 Å². The Morgan fingerprint density at radius 1 is 0.973 bits per heavy atom. The first-order valence-electron chi connectivity index (χ1n) is 13.5. The minimum Gasteiger partial charge on any atom is -0.426 e. The van der Waals surface area contributed by atoms with Gasteiger partial charge < -0.3 is 9.47 Å². The van der Waals surface area contributed by atoms with Crippen molar-refractivity contribution >= 4 is 16.7 Å².